The lowest BCUT2D eigenvalue weighted by molar-refractivity contribution is 0.0342. The number of benzene rings is 2. The molecule has 1 fully saturated rings. The maximum absolute atomic E-state index is 13.0. The highest BCUT2D eigenvalue weighted by Crippen LogP contribution is 2.29. The second-order valence-electron chi connectivity index (χ2n) is 9.21. The Kier molecular flexibility index (Phi) is 8.02. The lowest BCUT2D eigenvalue weighted by atomic mass is 10.1. The molecule has 3 heterocycles. The predicted octanol–water partition coefficient (Wildman–Crippen LogP) is 4.74. The lowest BCUT2D eigenvalue weighted by Gasteiger charge is -2.26. The van der Waals surface area contributed by atoms with Crippen LogP contribution in [0.1, 0.15) is 21.5 Å². The third kappa shape index (κ3) is 6.21. The first kappa shape index (κ1) is 25.9. The number of carbonyl (C=O) groups excluding carboxylic acids is 1. The third-order valence-corrected chi connectivity index (χ3v) is 7.16. The second kappa shape index (κ2) is 11.8. The van der Waals surface area contributed by atoms with Crippen LogP contribution in [0.25, 0.3) is 11.3 Å². The zero-order valence-electron chi connectivity index (χ0n) is 21.8. The molecule has 0 bridgehead atoms. The Morgan fingerprint density at radius 3 is 2.61 bits per heavy atom. The average molecular weight is 530 g/mol. The number of aryl methyl sites for hydroxylation is 2. The van der Waals surface area contributed by atoms with Gasteiger partial charge in [0.2, 0.25) is 5.95 Å². The fraction of sp³-hybridized carbons (Fsp3) is 0.286. The summed E-state index contributed by atoms with van der Waals surface area (Å²) in [7, 11) is 1.88. The van der Waals surface area contributed by atoms with Gasteiger partial charge in [-0.3, -0.25) is 14.4 Å². The van der Waals surface area contributed by atoms with Crippen molar-refractivity contribution in [2.24, 2.45) is 7.05 Å². The molecule has 9 nitrogen and oxygen atoms in total. The summed E-state index contributed by atoms with van der Waals surface area (Å²) in [5.41, 5.74) is 6.14. The molecular weight excluding hydrogens is 498 g/mol. The number of nitrogens with one attached hydrogen (secondary N) is 2. The highest BCUT2D eigenvalue weighted by molar-refractivity contribution is 7.98. The van der Waals surface area contributed by atoms with Gasteiger partial charge in [0, 0.05) is 61.6 Å². The molecule has 2 aromatic heterocycles. The minimum atomic E-state index is -0.150. The third-order valence-electron chi connectivity index (χ3n) is 6.42. The first-order chi connectivity index (χ1) is 18.5. The van der Waals surface area contributed by atoms with Gasteiger partial charge in [0.1, 0.15) is 0 Å². The van der Waals surface area contributed by atoms with Gasteiger partial charge in [0.15, 0.2) is 0 Å². The Balaban J connectivity index is 1.25. The largest absolute Gasteiger partial charge is 0.379 e. The number of amides is 1. The minimum Gasteiger partial charge on any atom is -0.379 e. The second-order valence-corrected chi connectivity index (χ2v) is 10.1. The molecule has 4 aromatic rings. The number of carbonyl (C=O) groups is 1. The molecule has 1 saturated heterocycles. The standard InChI is InChI=1S/C28H31N7O2S/c1-19-4-5-20(17-35-10-12-37-13-11-35)14-24(19)32-27(36)21-6-8-23(9-7-21)31-28-29-16-25(38-3)26(33-28)22-15-30-34(2)18-22/h4-9,14-16,18H,10-13,17H2,1-3H3,(H,32,36)(H,29,31,33). The molecule has 0 aliphatic carbocycles. The van der Waals surface area contributed by atoms with Crippen LogP contribution in [-0.2, 0) is 18.3 Å². The number of thioether (sulfide) groups is 1. The number of hydrogen-bond acceptors (Lipinski definition) is 8. The molecule has 1 aliphatic rings. The molecule has 38 heavy (non-hydrogen) atoms. The first-order valence-electron chi connectivity index (χ1n) is 12.5. The van der Waals surface area contributed by atoms with Crippen molar-refractivity contribution in [3.63, 3.8) is 0 Å². The van der Waals surface area contributed by atoms with Gasteiger partial charge in [-0.05, 0) is 54.6 Å². The Labute approximate surface area is 226 Å². The zero-order valence-corrected chi connectivity index (χ0v) is 22.6. The molecule has 1 aliphatic heterocycles. The van der Waals surface area contributed by atoms with Gasteiger partial charge >= 0.3 is 0 Å². The molecule has 1 amide bonds. The Bertz CT molecular complexity index is 1420. The van der Waals surface area contributed by atoms with E-state index in [1.165, 1.54) is 5.56 Å². The van der Waals surface area contributed by atoms with Gasteiger partial charge < -0.3 is 15.4 Å². The van der Waals surface area contributed by atoms with Crippen molar-refractivity contribution in [3.05, 3.63) is 77.7 Å². The summed E-state index contributed by atoms with van der Waals surface area (Å²) in [6.45, 7) is 6.22. The predicted molar refractivity (Wildman–Crippen MR) is 151 cm³/mol. The van der Waals surface area contributed by atoms with E-state index in [9.17, 15) is 4.79 Å². The SMILES string of the molecule is CSc1cnc(Nc2ccc(C(=O)Nc3cc(CN4CCOCC4)ccc3C)cc2)nc1-c1cnn(C)c1. The van der Waals surface area contributed by atoms with Crippen LogP contribution >= 0.6 is 11.8 Å². The Morgan fingerprint density at radius 2 is 1.89 bits per heavy atom. The Morgan fingerprint density at radius 1 is 1.11 bits per heavy atom. The van der Waals surface area contributed by atoms with Crippen LogP contribution in [0.4, 0.5) is 17.3 Å². The molecule has 2 N–H and O–H groups in total. The van der Waals surface area contributed by atoms with Crippen LogP contribution in [0.5, 0.6) is 0 Å². The van der Waals surface area contributed by atoms with Gasteiger partial charge in [-0.25, -0.2) is 9.97 Å². The molecule has 0 unspecified atom stereocenters. The molecule has 5 rings (SSSR count). The van der Waals surface area contributed by atoms with Crippen molar-refractivity contribution in [3.8, 4) is 11.3 Å². The van der Waals surface area contributed by atoms with E-state index in [0.29, 0.717) is 11.5 Å². The normalized spacial score (nSPS) is 13.9. The summed E-state index contributed by atoms with van der Waals surface area (Å²) in [4.78, 5) is 25.5. The average Bonchev–Trinajstić information content (AvgIpc) is 3.37. The lowest BCUT2D eigenvalue weighted by Crippen LogP contribution is -2.35. The quantitative estimate of drug-likeness (QED) is 0.316. The van der Waals surface area contributed by atoms with Crippen molar-refractivity contribution >= 4 is 35.0 Å². The molecule has 0 radical (unpaired) electrons. The van der Waals surface area contributed by atoms with Crippen molar-refractivity contribution in [2.75, 3.05) is 43.2 Å². The van der Waals surface area contributed by atoms with Gasteiger partial charge in [-0.2, -0.15) is 5.10 Å². The van der Waals surface area contributed by atoms with Crippen LogP contribution in [0, 0.1) is 6.92 Å². The fourth-order valence-corrected chi connectivity index (χ4v) is 4.79. The summed E-state index contributed by atoms with van der Waals surface area (Å²) in [5, 5.41) is 10.6. The highest BCUT2D eigenvalue weighted by Gasteiger charge is 2.14. The number of ether oxygens (including phenoxy) is 1. The van der Waals surface area contributed by atoms with Gasteiger partial charge in [-0.1, -0.05) is 12.1 Å². The zero-order chi connectivity index (χ0) is 26.5. The van der Waals surface area contributed by atoms with Crippen LogP contribution in [0.3, 0.4) is 0 Å². The maximum Gasteiger partial charge on any atom is 0.255 e. The molecule has 0 spiro atoms. The van der Waals surface area contributed by atoms with Crippen LogP contribution < -0.4 is 10.6 Å². The van der Waals surface area contributed by atoms with E-state index in [1.54, 1.807) is 41.0 Å². The van der Waals surface area contributed by atoms with Gasteiger partial charge in [0.25, 0.3) is 5.91 Å². The highest BCUT2D eigenvalue weighted by atomic mass is 32.2. The molecule has 0 atom stereocenters. The number of hydrogen-bond donors (Lipinski definition) is 2. The fourth-order valence-electron chi connectivity index (χ4n) is 4.28. The number of nitrogens with zero attached hydrogens (tertiary/aromatic N) is 5. The number of rotatable bonds is 8. The Hall–Kier alpha value is -3.73. The minimum absolute atomic E-state index is 0.150. The molecular formula is C28H31N7O2S. The molecule has 10 heteroatoms. The molecule has 0 saturated carbocycles. The monoisotopic (exact) mass is 529 g/mol. The smallest absolute Gasteiger partial charge is 0.255 e. The van der Waals surface area contributed by atoms with E-state index in [1.807, 2.05) is 38.6 Å². The van der Waals surface area contributed by atoms with Crippen molar-refractivity contribution in [1.29, 1.82) is 0 Å². The molecule has 2 aromatic carbocycles. The van der Waals surface area contributed by atoms with Gasteiger partial charge in [-0.15, -0.1) is 11.8 Å². The van der Waals surface area contributed by atoms with Crippen LogP contribution in [-0.4, -0.2) is 63.1 Å². The summed E-state index contributed by atoms with van der Waals surface area (Å²) >= 11 is 1.59. The number of aromatic nitrogens is 4. The number of morpholine rings is 1. The van der Waals surface area contributed by atoms with E-state index in [-0.39, 0.29) is 5.91 Å². The van der Waals surface area contributed by atoms with E-state index in [2.05, 4.69) is 43.8 Å². The van der Waals surface area contributed by atoms with E-state index < -0.39 is 0 Å². The summed E-state index contributed by atoms with van der Waals surface area (Å²) < 4.78 is 7.19. The van der Waals surface area contributed by atoms with E-state index in [4.69, 9.17) is 9.72 Å². The summed E-state index contributed by atoms with van der Waals surface area (Å²) in [6, 6.07) is 13.5. The van der Waals surface area contributed by atoms with E-state index >= 15 is 0 Å². The topological polar surface area (TPSA) is 97.2 Å². The van der Waals surface area contributed by atoms with Crippen molar-refractivity contribution in [1.82, 2.24) is 24.6 Å². The first-order valence-corrected chi connectivity index (χ1v) is 13.7. The number of anilines is 3. The maximum atomic E-state index is 13.0. The molecule has 196 valence electrons. The van der Waals surface area contributed by atoms with Gasteiger partial charge in [0.05, 0.1) is 30.0 Å². The summed E-state index contributed by atoms with van der Waals surface area (Å²) in [6.07, 6.45) is 7.52. The van der Waals surface area contributed by atoms with Crippen LogP contribution in [0.2, 0.25) is 0 Å². The summed E-state index contributed by atoms with van der Waals surface area (Å²) in [5.74, 6) is 0.328. The van der Waals surface area contributed by atoms with E-state index in [0.717, 1.165) is 65.9 Å². The van der Waals surface area contributed by atoms with Crippen molar-refractivity contribution in [2.45, 2.75) is 18.4 Å². The van der Waals surface area contributed by atoms with Crippen molar-refractivity contribution < 1.29 is 9.53 Å². The van der Waals surface area contributed by atoms with Crippen LogP contribution in [0.15, 0.2) is 66.0 Å².